The van der Waals surface area contributed by atoms with Crippen LogP contribution in [-0.4, -0.2) is 15.0 Å². The van der Waals surface area contributed by atoms with E-state index in [0.29, 0.717) is 5.15 Å². The number of nitrogens with zero attached hydrogens (tertiary/aromatic N) is 1. The van der Waals surface area contributed by atoms with Crippen LogP contribution in [0.3, 0.4) is 0 Å². The number of H-pyrrole nitrogens is 2. The van der Waals surface area contributed by atoms with Crippen LogP contribution in [0.2, 0.25) is 5.15 Å². The molecule has 0 amide bonds. The van der Waals surface area contributed by atoms with E-state index in [9.17, 15) is 4.79 Å². The molecule has 3 N–H and O–H groups in total. The molecule has 6 heteroatoms. The minimum absolute atomic E-state index is 0.0412. The normalized spacial score (nSPS) is 12.5. The van der Waals surface area contributed by atoms with E-state index < -0.39 is 0 Å². The number of pyridine rings is 1. The van der Waals surface area contributed by atoms with Gasteiger partial charge in [0, 0.05) is 12.2 Å². The number of imidazole rings is 1. The zero-order valence-electron chi connectivity index (χ0n) is 10.8. The maximum absolute atomic E-state index is 11.3. The molecule has 0 aliphatic rings. The fourth-order valence-corrected chi connectivity index (χ4v) is 2.30. The van der Waals surface area contributed by atoms with Gasteiger partial charge in [0.05, 0.1) is 16.7 Å². The van der Waals surface area contributed by atoms with Gasteiger partial charge < -0.3 is 15.3 Å². The van der Waals surface area contributed by atoms with Gasteiger partial charge in [-0.25, -0.2) is 9.78 Å². The second-order valence-electron chi connectivity index (χ2n) is 4.59. The monoisotopic (exact) mass is 288 g/mol. The predicted molar refractivity (Wildman–Crippen MR) is 80.2 cm³/mol. The molecule has 0 saturated carbocycles. The number of rotatable bonds is 3. The molecule has 1 unspecified atom stereocenters. The van der Waals surface area contributed by atoms with Gasteiger partial charge in [0.1, 0.15) is 0 Å². The quantitative estimate of drug-likeness (QED) is 0.649. The topological polar surface area (TPSA) is 73.6 Å². The molecule has 1 atom stereocenters. The zero-order chi connectivity index (χ0) is 14.1. The molecule has 0 aliphatic carbocycles. The molecule has 5 nitrogen and oxygen atoms in total. The first kappa shape index (κ1) is 12.7. The zero-order valence-corrected chi connectivity index (χ0v) is 11.5. The molecule has 2 aromatic heterocycles. The maximum atomic E-state index is 11.3. The highest BCUT2D eigenvalue weighted by Gasteiger charge is 2.09. The van der Waals surface area contributed by atoms with E-state index in [1.54, 1.807) is 6.20 Å². The Labute approximate surface area is 120 Å². The molecule has 0 spiro atoms. The van der Waals surface area contributed by atoms with Crippen LogP contribution in [0.4, 0.5) is 5.69 Å². The smallest absolute Gasteiger partial charge is 0.323 e. The average Bonchev–Trinajstić information content (AvgIpc) is 2.80. The first-order chi connectivity index (χ1) is 9.63. The van der Waals surface area contributed by atoms with Crippen LogP contribution >= 0.6 is 11.6 Å². The third kappa shape index (κ3) is 2.40. The third-order valence-electron chi connectivity index (χ3n) is 3.17. The van der Waals surface area contributed by atoms with Crippen molar-refractivity contribution in [2.75, 3.05) is 5.32 Å². The summed E-state index contributed by atoms with van der Waals surface area (Å²) >= 11 is 6.03. The van der Waals surface area contributed by atoms with Gasteiger partial charge in [0.15, 0.2) is 5.15 Å². The van der Waals surface area contributed by atoms with E-state index in [1.165, 1.54) is 0 Å². The number of fused-ring (bicyclic) bond motifs is 1. The van der Waals surface area contributed by atoms with Gasteiger partial charge in [-0.3, -0.25) is 0 Å². The molecule has 2 heterocycles. The third-order valence-corrected chi connectivity index (χ3v) is 3.47. The summed E-state index contributed by atoms with van der Waals surface area (Å²) in [7, 11) is 0. The van der Waals surface area contributed by atoms with Crippen molar-refractivity contribution in [1.82, 2.24) is 15.0 Å². The van der Waals surface area contributed by atoms with Crippen molar-refractivity contribution in [2.24, 2.45) is 0 Å². The maximum Gasteiger partial charge on any atom is 0.323 e. The van der Waals surface area contributed by atoms with Crippen LogP contribution < -0.4 is 11.0 Å². The summed E-state index contributed by atoms with van der Waals surface area (Å²) in [5, 5.41) is 3.74. The van der Waals surface area contributed by atoms with Crippen molar-refractivity contribution in [3.05, 3.63) is 57.7 Å². The van der Waals surface area contributed by atoms with Crippen molar-refractivity contribution in [3.63, 3.8) is 0 Å². The van der Waals surface area contributed by atoms with Crippen molar-refractivity contribution >= 4 is 28.3 Å². The number of halogens is 1. The lowest BCUT2D eigenvalue weighted by Gasteiger charge is -2.16. The van der Waals surface area contributed by atoms with Gasteiger partial charge in [-0.15, -0.1) is 0 Å². The Bertz CT molecular complexity index is 808. The predicted octanol–water partition coefficient (Wildman–Crippen LogP) is 3.08. The second kappa shape index (κ2) is 5.02. The lowest BCUT2D eigenvalue weighted by molar-refractivity contribution is 0.884. The van der Waals surface area contributed by atoms with Gasteiger partial charge in [0.25, 0.3) is 0 Å². The van der Waals surface area contributed by atoms with Crippen LogP contribution in [0.25, 0.3) is 11.0 Å². The minimum atomic E-state index is -0.201. The Balaban J connectivity index is 1.90. The Morgan fingerprint density at radius 1 is 1.25 bits per heavy atom. The highest BCUT2D eigenvalue weighted by molar-refractivity contribution is 6.31. The summed E-state index contributed by atoms with van der Waals surface area (Å²) in [6.45, 7) is 2.02. The Hall–Kier alpha value is -2.27. The number of benzene rings is 1. The molecule has 0 fully saturated rings. The van der Waals surface area contributed by atoms with Crippen LogP contribution in [0.15, 0.2) is 41.3 Å². The van der Waals surface area contributed by atoms with Gasteiger partial charge in [-0.2, -0.15) is 0 Å². The van der Waals surface area contributed by atoms with Crippen molar-refractivity contribution in [2.45, 2.75) is 13.0 Å². The fourth-order valence-electron chi connectivity index (χ4n) is 2.13. The molecule has 3 aromatic rings. The van der Waals surface area contributed by atoms with Crippen molar-refractivity contribution in [3.8, 4) is 0 Å². The molecular formula is C14H13ClN4O. The van der Waals surface area contributed by atoms with Crippen LogP contribution in [0.5, 0.6) is 0 Å². The van der Waals surface area contributed by atoms with E-state index in [4.69, 9.17) is 11.6 Å². The van der Waals surface area contributed by atoms with Gasteiger partial charge >= 0.3 is 5.69 Å². The second-order valence-corrected chi connectivity index (χ2v) is 4.95. The summed E-state index contributed by atoms with van der Waals surface area (Å²) in [5.41, 5.74) is 3.22. The van der Waals surface area contributed by atoms with Crippen LogP contribution in [0.1, 0.15) is 18.5 Å². The number of nitrogens with one attached hydrogen (secondary N) is 3. The van der Waals surface area contributed by atoms with E-state index in [0.717, 1.165) is 22.3 Å². The number of aromatic nitrogens is 3. The summed E-state index contributed by atoms with van der Waals surface area (Å²) in [6.07, 6.45) is 1.65. The Morgan fingerprint density at radius 2 is 2.05 bits per heavy atom. The fraction of sp³-hybridized carbons (Fsp3) is 0.143. The van der Waals surface area contributed by atoms with Crippen LogP contribution in [-0.2, 0) is 0 Å². The Morgan fingerprint density at radius 3 is 2.85 bits per heavy atom. The van der Waals surface area contributed by atoms with Crippen molar-refractivity contribution in [1.29, 1.82) is 0 Å². The highest BCUT2D eigenvalue weighted by Crippen LogP contribution is 2.25. The van der Waals surface area contributed by atoms with Gasteiger partial charge in [-0.05, 0) is 36.8 Å². The SMILES string of the molecule is CC(Nc1cccnc1Cl)c1ccc2[nH]c(=O)[nH]c2c1. The Kier molecular flexibility index (Phi) is 3.20. The lowest BCUT2D eigenvalue weighted by atomic mass is 10.1. The number of hydrogen-bond acceptors (Lipinski definition) is 3. The first-order valence-corrected chi connectivity index (χ1v) is 6.60. The highest BCUT2D eigenvalue weighted by atomic mass is 35.5. The average molecular weight is 289 g/mol. The largest absolute Gasteiger partial charge is 0.376 e. The minimum Gasteiger partial charge on any atom is -0.376 e. The number of anilines is 1. The standard InChI is InChI=1S/C14H13ClN4O/c1-8(17-11-3-2-6-16-13(11)15)9-4-5-10-12(7-9)19-14(20)18-10/h2-8,17H,1H3,(H2,18,19,20). The molecule has 0 radical (unpaired) electrons. The summed E-state index contributed by atoms with van der Waals surface area (Å²) in [4.78, 5) is 20.8. The van der Waals surface area contributed by atoms with Gasteiger partial charge in [0.2, 0.25) is 0 Å². The molecule has 102 valence electrons. The van der Waals surface area contributed by atoms with E-state index in [-0.39, 0.29) is 11.7 Å². The van der Waals surface area contributed by atoms with E-state index >= 15 is 0 Å². The van der Waals surface area contributed by atoms with Crippen LogP contribution in [0, 0.1) is 0 Å². The number of hydrogen-bond donors (Lipinski definition) is 3. The van der Waals surface area contributed by atoms with E-state index in [2.05, 4.69) is 20.3 Å². The molecule has 0 bridgehead atoms. The van der Waals surface area contributed by atoms with Gasteiger partial charge in [-0.1, -0.05) is 17.7 Å². The summed E-state index contributed by atoms with van der Waals surface area (Å²) in [6, 6.07) is 9.53. The number of aromatic amines is 2. The van der Waals surface area contributed by atoms with Crippen molar-refractivity contribution < 1.29 is 0 Å². The summed E-state index contributed by atoms with van der Waals surface area (Å²) in [5.74, 6) is 0. The molecule has 20 heavy (non-hydrogen) atoms. The molecule has 3 rings (SSSR count). The molecule has 1 aromatic carbocycles. The lowest BCUT2D eigenvalue weighted by Crippen LogP contribution is -2.07. The summed E-state index contributed by atoms with van der Waals surface area (Å²) < 4.78 is 0. The first-order valence-electron chi connectivity index (χ1n) is 6.22. The molecular weight excluding hydrogens is 276 g/mol. The molecule has 0 saturated heterocycles. The molecule has 0 aliphatic heterocycles. The van der Waals surface area contributed by atoms with E-state index in [1.807, 2.05) is 37.3 Å².